The minimum atomic E-state index is -0.774. The summed E-state index contributed by atoms with van der Waals surface area (Å²) in [5.41, 5.74) is 7.75. The Balaban J connectivity index is 1.93. The summed E-state index contributed by atoms with van der Waals surface area (Å²) < 4.78 is 4.77. The minimum absolute atomic E-state index is 0.123. The molecule has 0 amide bonds. The molecule has 6 nitrogen and oxygen atoms in total. The van der Waals surface area contributed by atoms with Crippen LogP contribution < -0.4 is 11.1 Å². The van der Waals surface area contributed by atoms with Crippen molar-refractivity contribution in [2.45, 2.75) is 6.92 Å². The van der Waals surface area contributed by atoms with Gasteiger partial charge in [-0.2, -0.15) is 0 Å². The topological polar surface area (TPSA) is 105 Å². The van der Waals surface area contributed by atoms with E-state index in [1.165, 1.54) is 12.1 Å². The summed E-state index contributed by atoms with van der Waals surface area (Å²) in [7, 11) is 0. The number of nitrogens with one attached hydrogen (secondary N) is 2. The van der Waals surface area contributed by atoms with E-state index in [4.69, 9.17) is 15.9 Å². The van der Waals surface area contributed by atoms with Crippen molar-refractivity contribution in [1.29, 1.82) is 5.41 Å². The molecule has 118 valence electrons. The molecule has 0 aliphatic rings. The zero-order valence-corrected chi connectivity index (χ0v) is 12.6. The summed E-state index contributed by atoms with van der Waals surface area (Å²) in [6.45, 7) is 1.82. The average Bonchev–Trinajstić information content (AvgIpc) is 2.53. The molecule has 0 radical (unpaired) electrons. The summed E-state index contributed by atoms with van der Waals surface area (Å²) >= 11 is 0. The first-order valence-electron chi connectivity index (χ1n) is 6.96. The fraction of sp³-hybridized carbons (Fsp3) is 0.118. The highest BCUT2D eigenvalue weighted by molar-refractivity contribution is 6.01. The maximum atomic E-state index is 11.9. The van der Waals surface area contributed by atoms with Gasteiger partial charge in [-0.25, -0.2) is 9.59 Å². The first-order valence-corrected chi connectivity index (χ1v) is 6.96. The highest BCUT2D eigenvalue weighted by Crippen LogP contribution is 2.10. The van der Waals surface area contributed by atoms with Crippen molar-refractivity contribution >= 4 is 23.5 Å². The second-order valence-electron chi connectivity index (χ2n) is 4.98. The summed E-state index contributed by atoms with van der Waals surface area (Å²) in [5, 5.41) is 10.2. The average molecular weight is 311 g/mol. The maximum Gasteiger partial charge on any atom is 0.345 e. The van der Waals surface area contributed by atoms with E-state index in [0.717, 1.165) is 11.3 Å². The van der Waals surface area contributed by atoms with Gasteiger partial charge in [-0.3, -0.25) is 5.41 Å². The first-order chi connectivity index (χ1) is 11.0. The molecular weight excluding hydrogens is 294 g/mol. The molecule has 0 aliphatic carbocycles. The molecule has 0 spiro atoms. The number of ether oxygens (including phenoxy) is 1. The molecule has 0 saturated heterocycles. The Bertz CT molecular complexity index is 756. The molecule has 0 unspecified atom stereocenters. The Labute approximate surface area is 133 Å². The van der Waals surface area contributed by atoms with Crippen molar-refractivity contribution < 1.29 is 14.3 Å². The van der Waals surface area contributed by atoms with Crippen LogP contribution in [-0.2, 0) is 9.53 Å². The number of rotatable bonds is 5. The van der Waals surface area contributed by atoms with E-state index in [0.29, 0.717) is 5.56 Å². The van der Waals surface area contributed by atoms with Gasteiger partial charge in [0.2, 0.25) is 0 Å². The molecule has 6 heteroatoms. The van der Waals surface area contributed by atoms with Crippen LogP contribution in [0.3, 0.4) is 0 Å². The smallest absolute Gasteiger partial charge is 0.345 e. The molecule has 0 heterocycles. The molecule has 0 saturated carbocycles. The van der Waals surface area contributed by atoms with Crippen molar-refractivity contribution in [3.05, 3.63) is 65.2 Å². The van der Waals surface area contributed by atoms with E-state index in [1.807, 2.05) is 31.2 Å². The number of benzene rings is 2. The number of nitrogens with two attached hydrogens (primary N) is 1. The minimum Gasteiger partial charge on any atom is -0.388 e. The van der Waals surface area contributed by atoms with Gasteiger partial charge in [-0.1, -0.05) is 24.3 Å². The zero-order valence-electron chi connectivity index (χ0n) is 12.6. The highest BCUT2D eigenvalue weighted by Gasteiger charge is 2.13. The van der Waals surface area contributed by atoms with Crippen LogP contribution in [0.1, 0.15) is 21.5 Å². The second-order valence-corrected chi connectivity index (χ2v) is 4.98. The predicted octanol–water partition coefficient (Wildman–Crippen LogP) is 2.07. The van der Waals surface area contributed by atoms with Crippen LogP contribution in [-0.4, -0.2) is 24.3 Å². The van der Waals surface area contributed by atoms with E-state index < -0.39 is 11.9 Å². The van der Waals surface area contributed by atoms with Gasteiger partial charge in [0, 0.05) is 11.3 Å². The van der Waals surface area contributed by atoms with Gasteiger partial charge in [0.1, 0.15) is 12.4 Å². The fourth-order valence-electron chi connectivity index (χ4n) is 1.94. The number of hydrogen-bond donors (Lipinski definition) is 3. The molecule has 2 aromatic rings. The number of nitrogen functional groups attached to an aromatic ring is 1. The second kappa shape index (κ2) is 7.22. The number of hydrogen-bond acceptors (Lipinski definition) is 5. The van der Waals surface area contributed by atoms with Crippen molar-refractivity contribution in [3.8, 4) is 0 Å². The number of carbonyl (C=O) groups excluding carboxylic acids is 2. The van der Waals surface area contributed by atoms with Crippen LogP contribution in [0.25, 0.3) is 0 Å². The van der Waals surface area contributed by atoms with Crippen molar-refractivity contribution in [2.24, 2.45) is 5.73 Å². The molecule has 0 atom stereocenters. The third-order valence-corrected chi connectivity index (χ3v) is 3.07. The van der Waals surface area contributed by atoms with Gasteiger partial charge >= 0.3 is 11.9 Å². The van der Waals surface area contributed by atoms with Gasteiger partial charge < -0.3 is 15.8 Å². The number of amidine groups is 1. The number of esters is 2. The molecule has 23 heavy (non-hydrogen) atoms. The van der Waals surface area contributed by atoms with Crippen LogP contribution >= 0.6 is 0 Å². The van der Waals surface area contributed by atoms with Gasteiger partial charge in [0.25, 0.3) is 0 Å². The lowest BCUT2D eigenvalue weighted by Crippen LogP contribution is -2.21. The zero-order chi connectivity index (χ0) is 16.8. The van der Waals surface area contributed by atoms with E-state index >= 15 is 0 Å². The SMILES string of the molecule is Cc1cccc(NCC(=O)OC(=O)c2cccc(C(=N)N)c2)c1. The molecule has 2 rings (SSSR count). The predicted molar refractivity (Wildman–Crippen MR) is 87.5 cm³/mol. The lowest BCUT2D eigenvalue weighted by Gasteiger charge is -2.07. The van der Waals surface area contributed by atoms with Gasteiger partial charge in [-0.05, 0) is 36.8 Å². The van der Waals surface area contributed by atoms with E-state index in [1.54, 1.807) is 12.1 Å². The number of carbonyl (C=O) groups is 2. The van der Waals surface area contributed by atoms with Crippen LogP contribution in [0.5, 0.6) is 0 Å². The Morgan fingerprint density at radius 1 is 1.13 bits per heavy atom. The van der Waals surface area contributed by atoms with Crippen LogP contribution in [0, 0.1) is 12.3 Å². The highest BCUT2D eigenvalue weighted by atomic mass is 16.6. The quantitative estimate of drug-likeness (QED) is 0.339. The summed E-state index contributed by atoms with van der Waals surface area (Å²) in [6, 6.07) is 13.6. The third kappa shape index (κ3) is 4.67. The van der Waals surface area contributed by atoms with E-state index in [-0.39, 0.29) is 17.9 Å². The standard InChI is InChI=1S/C17H17N3O3/c1-11-4-2-7-14(8-11)20-10-15(21)23-17(22)13-6-3-5-12(9-13)16(18)19/h2-9,20H,10H2,1H3,(H3,18,19). The number of aryl methyl sites for hydroxylation is 1. The van der Waals surface area contributed by atoms with Crippen LogP contribution in [0.2, 0.25) is 0 Å². The summed E-state index contributed by atoms with van der Waals surface area (Å²) in [6.07, 6.45) is 0. The van der Waals surface area contributed by atoms with Gasteiger partial charge in [0.15, 0.2) is 0 Å². The van der Waals surface area contributed by atoms with Crippen LogP contribution in [0.4, 0.5) is 5.69 Å². The molecule has 0 aliphatic heterocycles. The molecule has 0 bridgehead atoms. The van der Waals surface area contributed by atoms with Crippen molar-refractivity contribution in [3.63, 3.8) is 0 Å². The fourth-order valence-corrected chi connectivity index (χ4v) is 1.94. The lowest BCUT2D eigenvalue weighted by atomic mass is 10.1. The summed E-state index contributed by atoms with van der Waals surface area (Å²) in [5.74, 6) is -1.62. The first kappa shape index (κ1) is 16.2. The van der Waals surface area contributed by atoms with Crippen LogP contribution in [0.15, 0.2) is 48.5 Å². The van der Waals surface area contributed by atoms with E-state index in [9.17, 15) is 9.59 Å². The van der Waals surface area contributed by atoms with Gasteiger partial charge in [-0.15, -0.1) is 0 Å². The monoisotopic (exact) mass is 311 g/mol. The molecule has 2 aromatic carbocycles. The maximum absolute atomic E-state index is 11.9. The largest absolute Gasteiger partial charge is 0.388 e. The molecular formula is C17H17N3O3. The lowest BCUT2D eigenvalue weighted by molar-refractivity contribution is -0.135. The number of anilines is 1. The molecule has 0 aromatic heterocycles. The van der Waals surface area contributed by atoms with Crippen molar-refractivity contribution in [2.75, 3.05) is 11.9 Å². The summed E-state index contributed by atoms with van der Waals surface area (Å²) in [4.78, 5) is 23.6. The Kier molecular flexibility index (Phi) is 5.09. The molecule has 4 N–H and O–H groups in total. The Morgan fingerprint density at radius 3 is 2.52 bits per heavy atom. The van der Waals surface area contributed by atoms with Crippen molar-refractivity contribution in [1.82, 2.24) is 0 Å². The third-order valence-electron chi connectivity index (χ3n) is 3.07. The van der Waals surface area contributed by atoms with Gasteiger partial charge in [0.05, 0.1) is 5.56 Å². The molecule has 0 fully saturated rings. The van der Waals surface area contributed by atoms with E-state index in [2.05, 4.69) is 5.32 Å². The Hall–Kier alpha value is -3.15. The Morgan fingerprint density at radius 2 is 1.83 bits per heavy atom. The normalized spacial score (nSPS) is 9.96.